The van der Waals surface area contributed by atoms with Gasteiger partial charge in [-0.15, -0.1) is 5.10 Å². The number of hydrogen-bond acceptors (Lipinski definition) is 5. The topological polar surface area (TPSA) is 82.3 Å². The number of morpholine rings is 1. The molecule has 2 aromatic rings. The van der Waals surface area contributed by atoms with Crippen LogP contribution in [0, 0.1) is 0 Å². The molecule has 1 saturated heterocycles. The summed E-state index contributed by atoms with van der Waals surface area (Å²) in [4.78, 5) is 30.8. The molecule has 2 atom stereocenters. The lowest BCUT2D eigenvalue weighted by Crippen LogP contribution is -2.49. The highest BCUT2D eigenvalue weighted by Crippen LogP contribution is 2.12. The minimum atomic E-state index is -0.335. The molecule has 2 aromatic heterocycles. The number of hydrogen-bond donors (Lipinski definition) is 0. The molecule has 1 aliphatic heterocycles. The van der Waals surface area contributed by atoms with Gasteiger partial charge in [0.15, 0.2) is 5.82 Å². The third-order valence-corrected chi connectivity index (χ3v) is 3.99. The van der Waals surface area contributed by atoms with Crippen molar-refractivity contribution < 1.29 is 9.53 Å². The first-order valence-corrected chi connectivity index (χ1v) is 7.94. The third kappa shape index (κ3) is 3.23. The van der Waals surface area contributed by atoms with Gasteiger partial charge in [0, 0.05) is 26.3 Å². The highest BCUT2D eigenvalue weighted by atomic mass is 16.5. The molecule has 0 bridgehead atoms. The quantitative estimate of drug-likeness (QED) is 0.807. The van der Waals surface area contributed by atoms with E-state index in [0.29, 0.717) is 24.6 Å². The van der Waals surface area contributed by atoms with Crippen molar-refractivity contribution in [3.63, 3.8) is 0 Å². The van der Waals surface area contributed by atoms with Crippen molar-refractivity contribution in [3.8, 4) is 11.5 Å². The fourth-order valence-electron chi connectivity index (χ4n) is 2.92. The van der Waals surface area contributed by atoms with Crippen LogP contribution >= 0.6 is 0 Å². The van der Waals surface area contributed by atoms with Crippen LogP contribution in [0.3, 0.4) is 0 Å². The molecule has 2 unspecified atom stereocenters. The van der Waals surface area contributed by atoms with Crippen LogP contribution in [0.25, 0.3) is 11.5 Å². The number of pyridine rings is 1. The summed E-state index contributed by atoms with van der Waals surface area (Å²) in [5.74, 6) is 0.307. The molecule has 1 aliphatic rings. The summed E-state index contributed by atoms with van der Waals surface area (Å²) in [6.07, 6.45) is 1.62. The van der Waals surface area contributed by atoms with E-state index in [9.17, 15) is 9.59 Å². The number of ether oxygens (including phenoxy) is 1. The van der Waals surface area contributed by atoms with Crippen LogP contribution in [0.15, 0.2) is 29.2 Å². The molecule has 1 fully saturated rings. The molecular weight excluding hydrogens is 310 g/mol. The fraction of sp³-hybridized carbons (Fsp3) is 0.500. The minimum Gasteiger partial charge on any atom is -0.372 e. The number of carbonyl (C=O) groups excluding carboxylic acids is 1. The molecule has 0 aromatic carbocycles. The SMILES string of the molecule is CC1CN(C(=O)Cn2nc(-c3ccccn3)n(C)c2=O)CC(C)O1. The van der Waals surface area contributed by atoms with Crippen LogP contribution in [0.1, 0.15) is 13.8 Å². The second-order valence-electron chi connectivity index (χ2n) is 6.09. The van der Waals surface area contributed by atoms with E-state index < -0.39 is 0 Å². The van der Waals surface area contributed by atoms with Gasteiger partial charge >= 0.3 is 5.69 Å². The second-order valence-corrected chi connectivity index (χ2v) is 6.09. The normalized spacial score (nSPS) is 21.0. The number of amides is 1. The maximum Gasteiger partial charge on any atom is 0.346 e. The van der Waals surface area contributed by atoms with E-state index in [1.54, 1.807) is 30.3 Å². The molecule has 0 saturated carbocycles. The number of aromatic nitrogens is 4. The molecule has 0 spiro atoms. The maximum absolute atomic E-state index is 12.5. The Morgan fingerprint density at radius 3 is 2.62 bits per heavy atom. The van der Waals surface area contributed by atoms with Gasteiger partial charge < -0.3 is 9.64 Å². The van der Waals surface area contributed by atoms with E-state index in [1.807, 2.05) is 19.9 Å². The van der Waals surface area contributed by atoms with Gasteiger partial charge in [-0.2, -0.15) is 0 Å². The second kappa shape index (κ2) is 6.56. The summed E-state index contributed by atoms with van der Waals surface area (Å²) in [7, 11) is 1.62. The molecule has 0 N–H and O–H groups in total. The molecular formula is C16H21N5O3. The molecule has 0 aliphatic carbocycles. The van der Waals surface area contributed by atoms with Crippen molar-refractivity contribution >= 4 is 5.91 Å². The van der Waals surface area contributed by atoms with Crippen LogP contribution in [-0.4, -0.2) is 55.4 Å². The maximum atomic E-state index is 12.5. The molecule has 3 rings (SSSR count). The highest BCUT2D eigenvalue weighted by molar-refractivity contribution is 5.76. The van der Waals surface area contributed by atoms with Crippen LogP contribution in [0.2, 0.25) is 0 Å². The van der Waals surface area contributed by atoms with E-state index in [1.165, 1.54) is 9.25 Å². The van der Waals surface area contributed by atoms with Crippen molar-refractivity contribution in [1.29, 1.82) is 0 Å². The molecule has 3 heterocycles. The number of nitrogens with zero attached hydrogens (tertiary/aromatic N) is 5. The summed E-state index contributed by atoms with van der Waals surface area (Å²) in [5, 5.41) is 4.28. The van der Waals surface area contributed by atoms with E-state index in [0.717, 1.165) is 0 Å². The van der Waals surface area contributed by atoms with Gasteiger partial charge in [-0.1, -0.05) is 6.07 Å². The smallest absolute Gasteiger partial charge is 0.346 e. The average Bonchev–Trinajstić information content (AvgIpc) is 2.83. The Morgan fingerprint density at radius 2 is 2.00 bits per heavy atom. The van der Waals surface area contributed by atoms with Crippen molar-refractivity contribution in [2.75, 3.05) is 13.1 Å². The molecule has 8 nitrogen and oxygen atoms in total. The number of rotatable bonds is 3. The monoisotopic (exact) mass is 331 g/mol. The van der Waals surface area contributed by atoms with E-state index >= 15 is 0 Å². The first kappa shape index (κ1) is 16.4. The largest absolute Gasteiger partial charge is 0.372 e. The Morgan fingerprint density at radius 1 is 1.29 bits per heavy atom. The molecule has 8 heteroatoms. The van der Waals surface area contributed by atoms with Crippen molar-refractivity contribution in [1.82, 2.24) is 24.2 Å². The first-order chi connectivity index (χ1) is 11.5. The van der Waals surface area contributed by atoms with Gasteiger partial charge in [0.05, 0.1) is 12.2 Å². The Labute approximate surface area is 139 Å². The zero-order chi connectivity index (χ0) is 17.3. The van der Waals surface area contributed by atoms with Gasteiger partial charge in [0.2, 0.25) is 5.91 Å². The summed E-state index contributed by atoms with van der Waals surface area (Å²) in [6, 6.07) is 5.40. The van der Waals surface area contributed by atoms with Crippen LogP contribution in [0.4, 0.5) is 0 Å². The summed E-state index contributed by atoms with van der Waals surface area (Å²) in [5.41, 5.74) is 0.260. The van der Waals surface area contributed by atoms with Crippen molar-refractivity contribution in [2.24, 2.45) is 7.05 Å². The van der Waals surface area contributed by atoms with Crippen LogP contribution < -0.4 is 5.69 Å². The lowest BCUT2D eigenvalue weighted by atomic mass is 10.2. The van der Waals surface area contributed by atoms with Gasteiger partial charge in [0.1, 0.15) is 12.2 Å². The zero-order valence-corrected chi connectivity index (χ0v) is 14.0. The Bertz CT molecular complexity index is 773. The standard InChI is InChI=1S/C16H21N5O3/c1-11-8-20(9-12(2)24-11)14(22)10-21-16(23)19(3)15(18-21)13-6-4-5-7-17-13/h4-7,11-12H,8-10H2,1-3H3. The summed E-state index contributed by atoms with van der Waals surface area (Å²) in [6.45, 7) is 4.83. The van der Waals surface area contributed by atoms with Gasteiger partial charge in [-0.3, -0.25) is 14.3 Å². The fourth-order valence-corrected chi connectivity index (χ4v) is 2.92. The van der Waals surface area contributed by atoms with Crippen molar-refractivity contribution in [3.05, 3.63) is 34.9 Å². The predicted octanol–water partition coefficient (Wildman–Crippen LogP) is 0.280. The lowest BCUT2D eigenvalue weighted by molar-refractivity contribution is -0.144. The highest BCUT2D eigenvalue weighted by Gasteiger charge is 2.27. The molecule has 1 amide bonds. The van der Waals surface area contributed by atoms with Crippen LogP contribution in [-0.2, 0) is 23.1 Å². The lowest BCUT2D eigenvalue weighted by Gasteiger charge is -2.35. The predicted molar refractivity (Wildman–Crippen MR) is 87.3 cm³/mol. The summed E-state index contributed by atoms with van der Waals surface area (Å²) < 4.78 is 8.23. The van der Waals surface area contributed by atoms with E-state index in [-0.39, 0.29) is 30.3 Å². The number of carbonyl (C=O) groups is 1. The van der Waals surface area contributed by atoms with Crippen LogP contribution in [0.5, 0.6) is 0 Å². The Hall–Kier alpha value is -2.48. The van der Waals surface area contributed by atoms with Gasteiger partial charge in [0.25, 0.3) is 0 Å². The first-order valence-electron chi connectivity index (χ1n) is 7.94. The van der Waals surface area contributed by atoms with E-state index in [4.69, 9.17) is 4.74 Å². The molecule has 24 heavy (non-hydrogen) atoms. The molecule has 0 radical (unpaired) electrons. The summed E-state index contributed by atoms with van der Waals surface area (Å²) >= 11 is 0. The van der Waals surface area contributed by atoms with Gasteiger partial charge in [-0.05, 0) is 26.0 Å². The van der Waals surface area contributed by atoms with Gasteiger partial charge in [-0.25, -0.2) is 9.48 Å². The molecule has 128 valence electrons. The van der Waals surface area contributed by atoms with E-state index in [2.05, 4.69) is 10.1 Å². The third-order valence-electron chi connectivity index (χ3n) is 3.99. The van der Waals surface area contributed by atoms with Crippen molar-refractivity contribution in [2.45, 2.75) is 32.6 Å². The Kier molecular flexibility index (Phi) is 4.48. The minimum absolute atomic E-state index is 0.0118. The zero-order valence-electron chi connectivity index (χ0n) is 14.0. The average molecular weight is 331 g/mol. The Balaban J connectivity index is 1.81.